The first kappa shape index (κ1) is 14.0. The van der Waals surface area contributed by atoms with Gasteiger partial charge in [-0.1, -0.05) is 13.8 Å². The number of nitrogen functional groups attached to an aromatic ring is 1. The van der Waals surface area contributed by atoms with Gasteiger partial charge in [0.25, 0.3) is 5.56 Å². The Balaban J connectivity index is 2.36. The molecule has 0 saturated carbocycles. The van der Waals surface area contributed by atoms with Crippen molar-refractivity contribution in [3.8, 4) is 0 Å². The Labute approximate surface area is 115 Å². The second kappa shape index (κ2) is 5.73. The summed E-state index contributed by atoms with van der Waals surface area (Å²) in [6.45, 7) is 4.49. The van der Waals surface area contributed by atoms with Gasteiger partial charge in [-0.2, -0.15) is 11.8 Å². The molecule has 7 heteroatoms. The Hall–Kier alpha value is -1.37. The van der Waals surface area contributed by atoms with E-state index in [0.717, 1.165) is 17.9 Å². The average molecular weight is 284 g/mol. The standard InChI is InChI=1S/C12H20N4O2S/c1-7(2)5-16-10(13)9(11(17)15-12(16)18)14-8-3-4-19-6-8/h7-8,14H,3-6,13H2,1-2H3,(H,15,17,18). The fourth-order valence-electron chi connectivity index (χ4n) is 2.13. The molecule has 1 atom stereocenters. The number of aromatic amines is 1. The quantitative estimate of drug-likeness (QED) is 0.756. The highest BCUT2D eigenvalue weighted by Gasteiger charge is 2.20. The van der Waals surface area contributed by atoms with Crippen LogP contribution in [-0.2, 0) is 6.54 Å². The van der Waals surface area contributed by atoms with E-state index in [9.17, 15) is 9.59 Å². The normalized spacial score (nSPS) is 19.0. The van der Waals surface area contributed by atoms with E-state index in [-0.39, 0.29) is 17.8 Å². The largest absolute Gasteiger partial charge is 0.383 e. The van der Waals surface area contributed by atoms with Gasteiger partial charge in [0.15, 0.2) is 0 Å². The maximum atomic E-state index is 11.9. The number of H-pyrrole nitrogens is 1. The van der Waals surface area contributed by atoms with Crippen molar-refractivity contribution in [2.75, 3.05) is 22.6 Å². The fourth-order valence-corrected chi connectivity index (χ4v) is 3.28. The zero-order valence-corrected chi connectivity index (χ0v) is 12.0. The first-order valence-corrected chi connectivity index (χ1v) is 7.61. The average Bonchev–Trinajstić information content (AvgIpc) is 2.82. The monoisotopic (exact) mass is 284 g/mol. The molecule has 2 heterocycles. The van der Waals surface area contributed by atoms with E-state index < -0.39 is 11.2 Å². The number of aromatic nitrogens is 2. The maximum absolute atomic E-state index is 11.9. The van der Waals surface area contributed by atoms with Gasteiger partial charge in [0, 0.05) is 18.3 Å². The number of hydrogen-bond donors (Lipinski definition) is 3. The van der Waals surface area contributed by atoms with Gasteiger partial charge in [-0.3, -0.25) is 14.3 Å². The third-order valence-corrected chi connectivity index (χ3v) is 4.23. The van der Waals surface area contributed by atoms with Crippen LogP contribution in [0.4, 0.5) is 11.5 Å². The lowest BCUT2D eigenvalue weighted by Gasteiger charge is -2.17. The van der Waals surface area contributed by atoms with Gasteiger partial charge in [0.05, 0.1) is 0 Å². The smallest absolute Gasteiger partial charge is 0.330 e. The molecule has 6 nitrogen and oxygen atoms in total. The van der Waals surface area contributed by atoms with E-state index >= 15 is 0 Å². The summed E-state index contributed by atoms with van der Waals surface area (Å²) in [5, 5.41) is 3.17. The zero-order chi connectivity index (χ0) is 14.0. The van der Waals surface area contributed by atoms with Gasteiger partial charge in [0.1, 0.15) is 11.5 Å². The van der Waals surface area contributed by atoms with E-state index in [1.54, 1.807) is 0 Å². The number of nitrogens with two attached hydrogens (primary N) is 1. The highest BCUT2D eigenvalue weighted by Crippen LogP contribution is 2.22. The van der Waals surface area contributed by atoms with Crippen LogP contribution in [0.2, 0.25) is 0 Å². The molecule has 1 aliphatic rings. The third-order valence-electron chi connectivity index (χ3n) is 3.07. The number of nitrogens with zero attached hydrogens (tertiary/aromatic N) is 1. The number of nitrogens with one attached hydrogen (secondary N) is 2. The summed E-state index contributed by atoms with van der Waals surface area (Å²) in [4.78, 5) is 26.0. The van der Waals surface area contributed by atoms with Crippen LogP contribution >= 0.6 is 11.8 Å². The van der Waals surface area contributed by atoms with Crippen molar-refractivity contribution in [1.82, 2.24) is 9.55 Å². The molecule has 1 saturated heterocycles. The van der Waals surface area contributed by atoms with Crippen LogP contribution in [0.3, 0.4) is 0 Å². The minimum Gasteiger partial charge on any atom is -0.383 e. The summed E-state index contributed by atoms with van der Waals surface area (Å²) in [6, 6.07) is 0.249. The minimum atomic E-state index is -0.442. The van der Waals surface area contributed by atoms with Crippen LogP contribution in [0.5, 0.6) is 0 Å². The van der Waals surface area contributed by atoms with Gasteiger partial charge in [-0.15, -0.1) is 0 Å². The first-order chi connectivity index (χ1) is 8.99. The lowest BCUT2D eigenvalue weighted by atomic mass is 10.2. The fraction of sp³-hybridized carbons (Fsp3) is 0.667. The molecule has 0 aromatic carbocycles. The van der Waals surface area contributed by atoms with E-state index in [0.29, 0.717) is 12.2 Å². The van der Waals surface area contributed by atoms with Crippen molar-refractivity contribution in [3.63, 3.8) is 0 Å². The third kappa shape index (κ3) is 3.15. The minimum absolute atomic E-state index is 0.236. The molecule has 1 unspecified atom stereocenters. The van der Waals surface area contributed by atoms with Crippen molar-refractivity contribution in [2.24, 2.45) is 5.92 Å². The Morgan fingerprint density at radius 1 is 1.53 bits per heavy atom. The van der Waals surface area contributed by atoms with E-state index in [4.69, 9.17) is 5.73 Å². The number of rotatable bonds is 4. The van der Waals surface area contributed by atoms with Gasteiger partial charge in [-0.25, -0.2) is 4.79 Å². The second-order valence-electron chi connectivity index (χ2n) is 5.23. The molecule has 0 bridgehead atoms. The van der Waals surface area contributed by atoms with Crippen molar-refractivity contribution < 1.29 is 0 Å². The van der Waals surface area contributed by atoms with Gasteiger partial charge < -0.3 is 11.1 Å². The lowest BCUT2D eigenvalue weighted by Crippen LogP contribution is -2.36. The summed E-state index contributed by atoms with van der Waals surface area (Å²) in [7, 11) is 0. The molecule has 1 fully saturated rings. The zero-order valence-electron chi connectivity index (χ0n) is 11.2. The van der Waals surface area contributed by atoms with E-state index in [1.165, 1.54) is 4.57 Å². The molecule has 1 aromatic rings. The molecule has 1 aromatic heterocycles. The first-order valence-electron chi connectivity index (χ1n) is 6.46. The predicted molar refractivity (Wildman–Crippen MR) is 79.9 cm³/mol. The Morgan fingerprint density at radius 2 is 2.26 bits per heavy atom. The van der Waals surface area contributed by atoms with Crippen LogP contribution < -0.4 is 22.3 Å². The number of hydrogen-bond acceptors (Lipinski definition) is 5. The predicted octanol–water partition coefficient (Wildman–Crippen LogP) is 0.692. The molecule has 0 amide bonds. The molecular formula is C12H20N4O2S. The van der Waals surface area contributed by atoms with Crippen LogP contribution in [0.15, 0.2) is 9.59 Å². The number of thioether (sulfide) groups is 1. The lowest BCUT2D eigenvalue weighted by molar-refractivity contribution is 0.508. The number of anilines is 2. The van der Waals surface area contributed by atoms with Crippen molar-refractivity contribution in [1.29, 1.82) is 0 Å². The molecule has 0 radical (unpaired) electrons. The van der Waals surface area contributed by atoms with Gasteiger partial charge in [-0.05, 0) is 18.1 Å². The molecule has 19 heavy (non-hydrogen) atoms. The van der Waals surface area contributed by atoms with Gasteiger partial charge in [0.2, 0.25) is 0 Å². The molecule has 106 valence electrons. The van der Waals surface area contributed by atoms with Crippen molar-refractivity contribution >= 4 is 23.3 Å². The highest BCUT2D eigenvalue weighted by atomic mass is 32.2. The van der Waals surface area contributed by atoms with Crippen LogP contribution in [0.1, 0.15) is 20.3 Å². The summed E-state index contributed by atoms with van der Waals surface area (Å²) in [5.41, 5.74) is 5.44. The SMILES string of the molecule is CC(C)Cn1c(N)c(NC2CCSC2)c(=O)[nH]c1=O. The topological polar surface area (TPSA) is 92.9 Å². The Morgan fingerprint density at radius 3 is 2.84 bits per heavy atom. The summed E-state index contributed by atoms with van der Waals surface area (Å²) in [5.74, 6) is 2.56. The van der Waals surface area contributed by atoms with Crippen molar-refractivity contribution in [3.05, 3.63) is 20.8 Å². The van der Waals surface area contributed by atoms with Crippen LogP contribution in [0, 0.1) is 5.92 Å². The molecule has 0 spiro atoms. The van der Waals surface area contributed by atoms with Gasteiger partial charge >= 0.3 is 5.69 Å². The maximum Gasteiger partial charge on any atom is 0.330 e. The summed E-state index contributed by atoms with van der Waals surface area (Å²) >= 11 is 1.85. The van der Waals surface area contributed by atoms with Crippen molar-refractivity contribution in [2.45, 2.75) is 32.9 Å². The molecule has 0 aliphatic carbocycles. The van der Waals surface area contributed by atoms with E-state index in [1.807, 2.05) is 25.6 Å². The molecular weight excluding hydrogens is 264 g/mol. The Kier molecular flexibility index (Phi) is 4.24. The highest BCUT2D eigenvalue weighted by molar-refractivity contribution is 7.99. The van der Waals surface area contributed by atoms with Crippen LogP contribution in [-0.4, -0.2) is 27.1 Å². The second-order valence-corrected chi connectivity index (χ2v) is 6.38. The molecule has 2 rings (SSSR count). The summed E-state index contributed by atoms with van der Waals surface area (Å²) in [6.07, 6.45) is 1.01. The molecule has 4 N–H and O–H groups in total. The Bertz CT molecular complexity index is 558. The van der Waals surface area contributed by atoms with Crippen LogP contribution in [0.25, 0.3) is 0 Å². The van der Waals surface area contributed by atoms with E-state index in [2.05, 4.69) is 10.3 Å². The summed E-state index contributed by atoms with van der Waals surface area (Å²) < 4.78 is 1.43. The molecule has 1 aliphatic heterocycles.